The van der Waals surface area contributed by atoms with E-state index >= 15 is 0 Å². The van der Waals surface area contributed by atoms with Crippen LogP contribution in [0.3, 0.4) is 0 Å². The number of rotatable bonds is 28. The number of likely N-dealkylation sites (tertiary alicyclic amines) is 1. The molecule has 3 amide bonds. The van der Waals surface area contributed by atoms with Crippen molar-refractivity contribution >= 4 is 34.7 Å². The molecule has 2 aromatic heterocycles. The zero-order valence-electron chi connectivity index (χ0n) is 51.8. The molecule has 2 saturated heterocycles. The summed E-state index contributed by atoms with van der Waals surface area (Å²) < 4.78 is 43.0. The third-order valence-electron chi connectivity index (χ3n) is 16.8. The first-order valence-electron chi connectivity index (χ1n) is 30.7. The molecule has 18 heteroatoms. The van der Waals surface area contributed by atoms with Crippen LogP contribution in [0, 0.1) is 34.6 Å². The number of hydrogen-bond acceptors (Lipinski definition) is 14. The molecule has 2 aliphatic rings. The lowest BCUT2D eigenvalue weighted by molar-refractivity contribution is -0.162. The molecule has 0 spiro atoms. The zero-order chi connectivity index (χ0) is 61.4. The third kappa shape index (κ3) is 16.5. The molecule has 0 saturated carbocycles. The molecule has 5 aromatic carbocycles. The topological polar surface area (TPSA) is 198 Å². The number of aryl methyl sites for hydroxylation is 8. The molecule has 0 radical (unpaired) electrons. The first-order chi connectivity index (χ1) is 42.2. The van der Waals surface area contributed by atoms with Gasteiger partial charge >= 0.3 is 5.97 Å². The highest BCUT2D eigenvalue weighted by Gasteiger charge is 2.38. The van der Waals surface area contributed by atoms with Crippen LogP contribution in [0.25, 0.3) is 22.2 Å². The maximum atomic E-state index is 14.5. The van der Waals surface area contributed by atoms with Gasteiger partial charge in [0.25, 0.3) is 5.91 Å². The Morgan fingerprint density at radius 3 is 2.26 bits per heavy atom. The van der Waals surface area contributed by atoms with Crippen LogP contribution in [0.4, 0.5) is 0 Å². The lowest BCUT2D eigenvalue weighted by Crippen LogP contribution is -2.50. The van der Waals surface area contributed by atoms with E-state index in [1.54, 1.807) is 31.3 Å². The van der Waals surface area contributed by atoms with Gasteiger partial charge in [-0.05, 0) is 167 Å². The highest BCUT2D eigenvalue weighted by atomic mass is 16.5. The van der Waals surface area contributed by atoms with Gasteiger partial charge in [-0.25, -0.2) is 9.78 Å². The Labute approximate surface area is 511 Å². The third-order valence-corrected chi connectivity index (χ3v) is 16.8. The highest BCUT2D eigenvalue weighted by molar-refractivity contribution is 5.89. The number of carbonyl (C=O) groups excluding carboxylic acids is 4. The van der Waals surface area contributed by atoms with E-state index in [1.165, 1.54) is 11.1 Å². The molecule has 2 N–H and O–H groups in total. The molecule has 462 valence electrons. The Morgan fingerprint density at radius 2 is 1.52 bits per heavy atom. The summed E-state index contributed by atoms with van der Waals surface area (Å²) in [5, 5.41) is 9.82. The van der Waals surface area contributed by atoms with Gasteiger partial charge in [0.1, 0.15) is 41.8 Å². The number of morpholine rings is 1. The Bertz CT molecular complexity index is 3460. The molecular formula is C69H85N7O11. The number of carbonyl (C=O) groups is 4. The molecule has 2 fully saturated rings. The first kappa shape index (κ1) is 63.3. The average Bonchev–Trinajstić information content (AvgIpc) is 2.40. The summed E-state index contributed by atoms with van der Waals surface area (Å²) in [5.41, 5.74) is 12.0. The van der Waals surface area contributed by atoms with E-state index in [2.05, 4.69) is 87.6 Å². The number of aromatic nitrogens is 3. The van der Waals surface area contributed by atoms with Crippen LogP contribution in [-0.2, 0) is 54.5 Å². The van der Waals surface area contributed by atoms with Crippen LogP contribution < -0.4 is 29.6 Å². The van der Waals surface area contributed by atoms with Crippen LogP contribution in [0.5, 0.6) is 23.0 Å². The fourth-order valence-corrected chi connectivity index (χ4v) is 11.9. The van der Waals surface area contributed by atoms with Gasteiger partial charge < -0.3 is 53.0 Å². The van der Waals surface area contributed by atoms with Gasteiger partial charge in [0, 0.05) is 57.7 Å². The summed E-state index contributed by atoms with van der Waals surface area (Å²) in [6, 6.07) is 31.1. The number of hydrogen-bond donors (Lipinski definition) is 2. The summed E-state index contributed by atoms with van der Waals surface area (Å²) in [6.07, 6.45) is 4.64. The minimum atomic E-state index is -0.760. The molecule has 0 unspecified atom stereocenters. The summed E-state index contributed by atoms with van der Waals surface area (Å²) in [4.78, 5) is 64.1. The number of amides is 3. The fourth-order valence-electron chi connectivity index (χ4n) is 11.9. The Kier molecular flexibility index (Phi) is 22.1. The van der Waals surface area contributed by atoms with E-state index in [0.29, 0.717) is 67.3 Å². The minimum Gasteiger partial charge on any atom is -0.493 e. The van der Waals surface area contributed by atoms with E-state index in [4.69, 9.17) is 37.9 Å². The van der Waals surface area contributed by atoms with Crippen LogP contribution in [0.15, 0.2) is 102 Å². The standard InChI is InChI=1S/C69H85N7O11/c1-9-57(54-40-47(4)67(82-8)62(43-54)81-7)68(79)76-31-11-10-15-60(76)69(80)86-61(26-20-51-17-16-45(2)46(3)39-51)52-13-12-14-56(41-52)85-44-65(78)70-29-28-64(77)71-30-36-84-55-23-18-50(19-24-55)21-27-63-72-58-42-53(66-48(5)73-87-49(66)6)22-25-59(58)75(63)33-32-74-34-37-83-38-35-74/h12-14,16-19,22-25,39-43,57,60-61H,9-11,15,20-21,26-38,44H2,1-8H3,(H,70,78)(H,71,77)/t57-,60-,61+/m0/s1. The number of fused-ring (bicyclic) bond motifs is 1. The van der Waals surface area contributed by atoms with Gasteiger partial charge in [-0.15, -0.1) is 0 Å². The second-order valence-electron chi connectivity index (χ2n) is 22.8. The number of benzene rings is 5. The van der Waals surface area contributed by atoms with E-state index in [-0.39, 0.29) is 43.9 Å². The SMILES string of the molecule is CC[C@H](C(=O)N1CCCC[C@H]1C(=O)O[C@H](CCc1ccc(C)c(C)c1)c1cccc(OCC(=O)NCCC(=O)NCCOc2ccc(CCc3nc4cc(-c5c(C)noc5C)ccc4n3CCN3CCOCC3)cc2)c1)c1cc(C)c(OC)c(OC)c1. The van der Waals surface area contributed by atoms with Crippen molar-refractivity contribution in [2.45, 2.75) is 124 Å². The predicted octanol–water partition coefficient (Wildman–Crippen LogP) is 10.2. The van der Waals surface area contributed by atoms with Gasteiger partial charge in [0.15, 0.2) is 18.1 Å². The number of piperidine rings is 1. The molecule has 9 rings (SSSR count). The van der Waals surface area contributed by atoms with Gasteiger partial charge in [-0.3, -0.25) is 19.3 Å². The second kappa shape index (κ2) is 30.4. The van der Waals surface area contributed by atoms with E-state index in [0.717, 1.165) is 127 Å². The Balaban J connectivity index is 0.733. The second-order valence-corrected chi connectivity index (χ2v) is 22.8. The monoisotopic (exact) mass is 1190 g/mol. The van der Waals surface area contributed by atoms with Crippen molar-refractivity contribution in [2.75, 3.05) is 79.9 Å². The number of ether oxygens (including phenoxy) is 6. The molecule has 7 aromatic rings. The summed E-state index contributed by atoms with van der Waals surface area (Å²) >= 11 is 0. The lowest BCUT2D eigenvalue weighted by atomic mass is 9.91. The van der Waals surface area contributed by atoms with Crippen molar-refractivity contribution in [3.05, 3.63) is 153 Å². The van der Waals surface area contributed by atoms with Crippen LogP contribution in [-0.4, -0.2) is 134 Å². The molecular weight excluding hydrogens is 1100 g/mol. The molecule has 0 bridgehead atoms. The summed E-state index contributed by atoms with van der Waals surface area (Å²) in [6.45, 7) is 17.9. The summed E-state index contributed by atoms with van der Waals surface area (Å²) in [7, 11) is 3.17. The van der Waals surface area contributed by atoms with Crippen LogP contribution >= 0.6 is 0 Å². The maximum absolute atomic E-state index is 14.5. The minimum absolute atomic E-state index is 0.0753. The molecule has 2 aliphatic heterocycles. The average molecular weight is 1190 g/mol. The molecule has 87 heavy (non-hydrogen) atoms. The molecule has 3 atom stereocenters. The maximum Gasteiger partial charge on any atom is 0.329 e. The number of methoxy groups -OCH3 is 2. The Morgan fingerprint density at radius 1 is 0.724 bits per heavy atom. The number of imidazole rings is 1. The van der Waals surface area contributed by atoms with Gasteiger partial charge in [-0.1, -0.05) is 66.7 Å². The quantitative estimate of drug-likeness (QED) is 0.0347. The molecule has 18 nitrogen and oxygen atoms in total. The van der Waals surface area contributed by atoms with Crippen molar-refractivity contribution in [1.82, 2.24) is 35.1 Å². The summed E-state index contributed by atoms with van der Waals surface area (Å²) in [5.74, 6) is 2.42. The number of nitrogens with zero attached hydrogens (tertiary/aromatic N) is 5. The largest absolute Gasteiger partial charge is 0.493 e. The van der Waals surface area contributed by atoms with Gasteiger partial charge in [0.05, 0.1) is 56.6 Å². The molecule has 0 aliphatic carbocycles. The Hall–Kier alpha value is -8.22. The van der Waals surface area contributed by atoms with Crippen LogP contribution in [0.2, 0.25) is 0 Å². The zero-order valence-corrected chi connectivity index (χ0v) is 51.8. The van der Waals surface area contributed by atoms with E-state index < -0.39 is 24.0 Å². The fraction of sp³-hybridized carbons (Fsp3) is 0.449. The lowest BCUT2D eigenvalue weighted by Gasteiger charge is -2.37. The van der Waals surface area contributed by atoms with Crippen molar-refractivity contribution in [3.8, 4) is 34.1 Å². The first-order valence-corrected chi connectivity index (χ1v) is 30.7. The van der Waals surface area contributed by atoms with Crippen molar-refractivity contribution in [2.24, 2.45) is 0 Å². The molecule has 4 heterocycles. The smallest absolute Gasteiger partial charge is 0.329 e. The number of esters is 1. The van der Waals surface area contributed by atoms with Crippen molar-refractivity contribution < 1.29 is 52.1 Å². The predicted molar refractivity (Wildman–Crippen MR) is 334 cm³/mol. The van der Waals surface area contributed by atoms with E-state index in [1.807, 2.05) is 64.1 Å². The number of nitrogens with one attached hydrogen (secondary N) is 2. The van der Waals surface area contributed by atoms with Gasteiger partial charge in [-0.2, -0.15) is 0 Å². The van der Waals surface area contributed by atoms with Gasteiger partial charge in [0.2, 0.25) is 11.8 Å². The highest BCUT2D eigenvalue weighted by Crippen LogP contribution is 2.38. The van der Waals surface area contributed by atoms with E-state index in [9.17, 15) is 19.2 Å². The van der Waals surface area contributed by atoms with Crippen molar-refractivity contribution in [1.29, 1.82) is 0 Å². The van der Waals surface area contributed by atoms with Crippen molar-refractivity contribution in [3.63, 3.8) is 0 Å². The van der Waals surface area contributed by atoms with Crippen LogP contribution in [0.1, 0.15) is 114 Å². The normalized spacial score (nSPS) is 15.2.